The van der Waals surface area contributed by atoms with E-state index in [1.165, 1.54) is 31.3 Å². The molecule has 0 aliphatic carbocycles. The lowest BCUT2D eigenvalue weighted by Gasteiger charge is -2.28. The number of benzene rings is 2. The second-order valence-electron chi connectivity index (χ2n) is 6.83. The second-order valence-corrected chi connectivity index (χ2v) is 6.83. The highest BCUT2D eigenvalue weighted by molar-refractivity contribution is 5.65. The van der Waals surface area contributed by atoms with Crippen LogP contribution >= 0.6 is 0 Å². The van der Waals surface area contributed by atoms with Gasteiger partial charge in [-0.2, -0.15) is 5.26 Å². The van der Waals surface area contributed by atoms with Crippen LogP contribution < -0.4 is 15.5 Å². The van der Waals surface area contributed by atoms with Crippen molar-refractivity contribution in [1.82, 2.24) is 9.97 Å². The van der Waals surface area contributed by atoms with Crippen molar-refractivity contribution in [1.29, 1.82) is 5.26 Å². The summed E-state index contributed by atoms with van der Waals surface area (Å²) in [4.78, 5) is 11.0. The minimum Gasteiger partial charge on any atom is -0.372 e. The van der Waals surface area contributed by atoms with E-state index < -0.39 is 0 Å². The van der Waals surface area contributed by atoms with Crippen molar-refractivity contribution in [2.75, 3.05) is 28.6 Å². The van der Waals surface area contributed by atoms with Gasteiger partial charge >= 0.3 is 0 Å². The molecule has 0 amide bonds. The quantitative estimate of drug-likeness (QED) is 0.670. The highest BCUT2D eigenvalue weighted by Crippen LogP contribution is 2.24. The van der Waals surface area contributed by atoms with Gasteiger partial charge in [-0.05, 0) is 61.7 Å². The standard InChI is InChI=1S/C22H22N6/c23-15-17-5-4-6-19(13-17)27-22-14-21(24-16-25-22)26-18-7-9-20(10-8-18)28-11-2-1-3-12-28/h4-10,13-14,16H,1-3,11-12H2,(H2,24,25,26,27). The van der Waals surface area contributed by atoms with Gasteiger partial charge in [0.1, 0.15) is 18.0 Å². The minimum atomic E-state index is 0.603. The summed E-state index contributed by atoms with van der Waals surface area (Å²) in [5, 5.41) is 15.6. The number of hydrogen-bond acceptors (Lipinski definition) is 6. The van der Waals surface area contributed by atoms with Gasteiger partial charge in [-0.1, -0.05) is 6.07 Å². The molecule has 3 aromatic rings. The molecule has 0 saturated carbocycles. The molecule has 1 fully saturated rings. The summed E-state index contributed by atoms with van der Waals surface area (Å²) in [6.07, 6.45) is 5.39. The molecule has 0 radical (unpaired) electrons. The number of nitrogens with zero attached hydrogens (tertiary/aromatic N) is 4. The van der Waals surface area contributed by atoms with Crippen LogP contribution in [-0.2, 0) is 0 Å². The summed E-state index contributed by atoms with van der Waals surface area (Å²) in [7, 11) is 0. The topological polar surface area (TPSA) is 76.9 Å². The Hall–Kier alpha value is -3.59. The van der Waals surface area contributed by atoms with Crippen LogP contribution in [0.3, 0.4) is 0 Å². The smallest absolute Gasteiger partial charge is 0.135 e. The van der Waals surface area contributed by atoms with Crippen LogP contribution in [0.4, 0.5) is 28.7 Å². The Morgan fingerprint density at radius 2 is 1.54 bits per heavy atom. The third kappa shape index (κ3) is 4.38. The van der Waals surface area contributed by atoms with E-state index in [0.29, 0.717) is 17.2 Å². The predicted octanol–water partition coefficient (Wildman–Crippen LogP) is 4.83. The minimum absolute atomic E-state index is 0.603. The fourth-order valence-electron chi connectivity index (χ4n) is 3.36. The third-order valence-electron chi connectivity index (χ3n) is 4.79. The Labute approximate surface area is 164 Å². The molecule has 1 aromatic heterocycles. The Morgan fingerprint density at radius 1 is 0.821 bits per heavy atom. The van der Waals surface area contributed by atoms with Crippen molar-refractivity contribution < 1.29 is 0 Å². The number of rotatable bonds is 5. The summed E-state index contributed by atoms with van der Waals surface area (Å²) in [5.74, 6) is 1.37. The molecule has 4 rings (SSSR count). The first-order chi connectivity index (χ1) is 13.8. The van der Waals surface area contributed by atoms with E-state index in [1.807, 2.05) is 18.2 Å². The number of aromatic nitrogens is 2. The Balaban J connectivity index is 1.43. The largest absolute Gasteiger partial charge is 0.372 e. The van der Waals surface area contributed by atoms with E-state index in [0.717, 1.165) is 24.5 Å². The predicted molar refractivity (Wildman–Crippen MR) is 112 cm³/mol. The molecule has 1 saturated heterocycles. The number of nitrogens with one attached hydrogen (secondary N) is 2. The normalized spacial score (nSPS) is 13.6. The molecule has 2 N–H and O–H groups in total. The van der Waals surface area contributed by atoms with Gasteiger partial charge in [0, 0.05) is 36.2 Å². The van der Waals surface area contributed by atoms with Crippen molar-refractivity contribution >= 4 is 28.7 Å². The summed E-state index contributed by atoms with van der Waals surface area (Å²) >= 11 is 0. The lowest BCUT2D eigenvalue weighted by molar-refractivity contribution is 0.578. The fourth-order valence-corrected chi connectivity index (χ4v) is 3.36. The molecule has 0 unspecified atom stereocenters. The zero-order valence-corrected chi connectivity index (χ0v) is 15.6. The molecular formula is C22H22N6. The maximum atomic E-state index is 9.02. The summed E-state index contributed by atoms with van der Waals surface area (Å²) < 4.78 is 0. The first kappa shape index (κ1) is 17.8. The lowest BCUT2D eigenvalue weighted by Crippen LogP contribution is -2.29. The third-order valence-corrected chi connectivity index (χ3v) is 4.79. The van der Waals surface area contributed by atoms with Gasteiger partial charge in [0.05, 0.1) is 11.6 Å². The molecule has 1 aliphatic heterocycles. The van der Waals surface area contributed by atoms with E-state index in [4.69, 9.17) is 5.26 Å². The van der Waals surface area contributed by atoms with Crippen LogP contribution in [0.2, 0.25) is 0 Å². The summed E-state index contributed by atoms with van der Waals surface area (Å²) in [6, 6.07) is 19.7. The fraction of sp³-hybridized carbons (Fsp3) is 0.227. The number of piperidine rings is 1. The maximum absolute atomic E-state index is 9.02. The molecule has 0 spiro atoms. The van der Waals surface area contributed by atoms with Crippen LogP contribution in [0.15, 0.2) is 60.9 Å². The van der Waals surface area contributed by atoms with Crippen molar-refractivity contribution in [2.24, 2.45) is 0 Å². The average Bonchev–Trinajstić information content (AvgIpc) is 2.75. The molecule has 0 atom stereocenters. The Bertz CT molecular complexity index is 971. The van der Waals surface area contributed by atoms with Crippen LogP contribution in [0.5, 0.6) is 0 Å². The van der Waals surface area contributed by atoms with Crippen molar-refractivity contribution in [3.8, 4) is 6.07 Å². The summed E-state index contributed by atoms with van der Waals surface area (Å²) in [6.45, 7) is 2.28. The Morgan fingerprint density at radius 3 is 2.25 bits per heavy atom. The maximum Gasteiger partial charge on any atom is 0.135 e. The molecule has 1 aliphatic rings. The van der Waals surface area contributed by atoms with Crippen molar-refractivity contribution in [3.05, 3.63) is 66.5 Å². The van der Waals surface area contributed by atoms with E-state index in [1.54, 1.807) is 12.1 Å². The van der Waals surface area contributed by atoms with E-state index >= 15 is 0 Å². The monoisotopic (exact) mass is 370 g/mol. The molecule has 2 aromatic carbocycles. The first-order valence-electron chi connectivity index (χ1n) is 9.51. The van der Waals surface area contributed by atoms with Crippen molar-refractivity contribution in [3.63, 3.8) is 0 Å². The van der Waals surface area contributed by atoms with Crippen LogP contribution in [0.1, 0.15) is 24.8 Å². The van der Waals surface area contributed by atoms with Gasteiger partial charge in [-0.3, -0.25) is 0 Å². The number of nitriles is 1. The molecule has 140 valence electrons. The summed E-state index contributed by atoms with van der Waals surface area (Å²) in [5.41, 5.74) is 3.67. The van der Waals surface area contributed by atoms with Crippen LogP contribution in [-0.4, -0.2) is 23.1 Å². The van der Waals surface area contributed by atoms with Gasteiger partial charge in [-0.25, -0.2) is 9.97 Å². The highest BCUT2D eigenvalue weighted by atomic mass is 15.1. The molecule has 28 heavy (non-hydrogen) atoms. The van der Waals surface area contributed by atoms with Crippen LogP contribution in [0, 0.1) is 11.3 Å². The first-order valence-corrected chi connectivity index (χ1v) is 9.51. The lowest BCUT2D eigenvalue weighted by atomic mass is 10.1. The number of hydrogen-bond donors (Lipinski definition) is 2. The molecule has 0 bridgehead atoms. The van der Waals surface area contributed by atoms with E-state index in [2.05, 4.69) is 55.8 Å². The Kier molecular flexibility index (Phi) is 5.34. The van der Waals surface area contributed by atoms with Crippen molar-refractivity contribution in [2.45, 2.75) is 19.3 Å². The zero-order chi connectivity index (χ0) is 19.2. The SMILES string of the molecule is N#Cc1cccc(Nc2cc(Nc3ccc(N4CCCCC4)cc3)ncn2)c1. The number of anilines is 5. The molecule has 6 nitrogen and oxygen atoms in total. The van der Waals surface area contributed by atoms with Gasteiger partial charge in [0.25, 0.3) is 0 Å². The van der Waals surface area contributed by atoms with E-state index in [9.17, 15) is 0 Å². The molecule has 6 heteroatoms. The zero-order valence-electron chi connectivity index (χ0n) is 15.6. The molecular weight excluding hydrogens is 348 g/mol. The highest BCUT2D eigenvalue weighted by Gasteiger charge is 2.10. The van der Waals surface area contributed by atoms with Gasteiger partial charge in [0.15, 0.2) is 0 Å². The average molecular weight is 370 g/mol. The van der Waals surface area contributed by atoms with Gasteiger partial charge < -0.3 is 15.5 Å². The van der Waals surface area contributed by atoms with Gasteiger partial charge in [0.2, 0.25) is 0 Å². The second kappa shape index (κ2) is 8.40. The van der Waals surface area contributed by atoms with Gasteiger partial charge in [-0.15, -0.1) is 0 Å². The van der Waals surface area contributed by atoms with Crippen LogP contribution in [0.25, 0.3) is 0 Å². The van der Waals surface area contributed by atoms with E-state index in [-0.39, 0.29) is 0 Å². The molecule has 2 heterocycles.